The zero-order valence-electron chi connectivity index (χ0n) is 6.87. The van der Waals surface area contributed by atoms with E-state index in [0.29, 0.717) is 21.7 Å². The largest absolute Gasteiger partial charge is 0.443 e. The maximum Gasteiger partial charge on any atom is 0.181 e. The van der Waals surface area contributed by atoms with Crippen molar-refractivity contribution in [1.29, 1.82) is 0 Å². The Kier molecular flexibility index (Phi) is 1.81. The number of ketones is 1. The molecule has 0 saturated heterocycles. The van der Waals surface area contributed by atoms with Crippen LogP contribution in [0, 0.1) is 0 Å². The smallest absolute Gasteiger partial charge is 0.181 e. The van der Waals surface area contributed by atoms with Crippen LogP contribution in [-0.4, -0.2) is 10.8 Å². The molecular formula is C9H6ClNO2. The van der Waals surface area contributed by atoms with Crippen LogP contribution in [0.2, 0.25) is 5.02 Å². The van der Waals surface area contributed by atoms with Gasteiger partial charge in [0.2, 0.25) is 0 Å². The van der Waals surface area contributed by atoms with Gasteiger partial charge in [-0.3, -0.25) is 4.79 Å². The number of Topliss-reactive ketones (excluding diaryl/α,β-unsaturated/α-hetero) is 1. The number of halogens is 1. The van der Waals surface area contributed by atoms with Gasteiger partial charge in [-0.1, -0.05) is 11.6 Å². The van der Waals surface area contributed by atoms with Crippen LogP contribution in [0.1, 0.15) is 17.3 Å². The molecule has 3 nitrogen and oxygen atoms in total. The summed E-state index contributed by atoms with van der Waals surface area (Å²) < 4.78 is 5.03. The van der Waals surface area contributed by atoms with E-state index in [-0.39, 0.29) is 5.78 Å². The van der Waals surface area contributed by atoms with E-state index < -0.39 is 0 Å². The molecule has 4 heteroatoms. The van der Waals surface area contributed by atoms with Crippen molar-refractivity contribution in [2.24, 2.45) is 0 Å². The van der Waals surface area contributed by atoms with Gasteiger partial charge in [-0.2, -0.15) is 0 Å². The third-order valence-corrected chi connectivity index (χ3v) is 2.11. The lowest BCUT2D eigenvalue weighted by Gasteiger charge is -1.97. The highest BCUT2D eigenvalue weighted by Crippen LogP contribution is 2.23. The lowest BCUT2D eigenvalue weighted by molar-refractivity contribution is 0.101. The Balaban J connectivity index is 2.76. The van der Waals surface area contributed by atoms with Gasteiger partial charge >= 0.3 is 0 Å². The summed E-state index contributed by atoms with van der Waals surface area (Å²) in [6, 6.07) is 3.23. The minimum atomic E-state index is -0.0742. The van der Waals surface area contributed by atoms with Crippen molar-refractivity contribution in [3.63, 3.8) is 0 Å². The van der Waals surface area contributed by atoms with Gasteiger partial charge in [0, 0.05) is 11.6 Å². The summed E-state index contributed by atoms with van der Waals surface area (Å²) in [7, 11) is 0. The second-order valence-electron chi connectivity index (χ2n) is 2.71. The van der Waals surface area contributed by atoms with Crippen LogP contribution < -0.4 is 0 Å². The van der Waals surface area contributed by atoms with Crippen molar-refractivity contribution >= 4 is 28.5 Å². The van der Waals surface area contributed by atoms with E-state index in [1.165, 1.54) is 13.3 Å². The van der Waals surface area contributed by atoms with E-state index in [9.17, 15) is 4.79 Å². The second kappa shape index (κ2) is 2.85. The van der Waals surface area contributed by atoms with Crippen LogP contribution >= 0.6 is 11.6 Å². The molecule has 66 valence electrons. The summed E-state index contributed by atoms with van der Waals surface area (Å²) in [5.74, 6) is -0.0742. The molecule has 0 saturated carbocycles. The van der Waals surface area contributed by atoms with Crippen LogP contribution in [0.5, 0.6) is 0 Å². The van der Waals surface area contributed by atoms with Gasteiger partial charge in [0.25, 0.3) is 0 Å². The number of nitrogens with zero attached hydrogens (tertiary/aromatic N) is 1. The predicted octanol–water partition coefficient (Wildman–Crippen LogP) is 2.68. The molecule has 2 rings (SSSR count). The molecule has 0 bridgehead atoms. The summed E-state index contributed by atoms with van der Waals surface area (Å²) in [5.41, 5.74) is 1.72. The summed E-state index contributed by atoms with van der Waals surface area (Å²) >= 11 is 5.85. The maximum atomic E-state index is 11.1. The van der Waals surface area contributed by atoms with Crippen molar-refractivity contribution in [3.05, 3.63) is 29.1 Å². The second-order valence-corrected chi connectivity index (χ2v) is 3.12. The molecule has 0 unspecified atom stereocenters. The monoisotopic (exact) mass is 195 g/mol. The Morgan fingerprint density at radius 2 is 2.31 bits per heavy atom. The van der Waals surface area contributed by atoms with Crippen LogP contribution in [0.4, 0.5) is 0 Å². The quantitative estimate of drug-likeness (QED) is 0.657. The molecule has 1 aromatic carbocycles. The third kappa shape index (κ3) is 1.31. The van der Waals surface area contributed by atoms with Gasteiger partial charge < -0.3 is 4.42 Å². The first kappa shape index (κ1) is 8.26. The fraction of sp³-hybridized carbons (Fsp3) is 0.111. The number of rotatable bonds is 1. The summed E-state index contributed by atoms with van der Waals surface area (Å²) in [5, 5.41) is 0.400. The standard InChI is InChI=1S/C9H6ClNO2/c1-5(12)6-2-8-9(3-7(6)10)13-4-11-8/h2-4H,1H3. The minimum Gasteiger partial charge on any atom is -0.443 e. The zero-order valence-corrected chi connectivity index (χ0v) is 7.63. The highest BCUT2D eigenvalue weighted by molar-refractivity contribution is 6.34. The Hall–Kier alpha value is -1.35. The van der Waals surface area contributed by atoms with E-state index in [1.54, 1.807) is 12.1 Å². The predicted molar refractivity (Wildman–Crippen MR) is 49.0 cm³/mol. The van der Waals surface area contributed by atoms with E-state index in [1.807, 2.05) is 0 Å². The first-order valence-electron chi connectivity index (χ1n) is 3.72. The fourth-order valence-corrected chi connectivity index (χ4v) is 1.44. The van der Waals surface area contributed by atoms with Crippen LogP contribution in [0.15, 0.2) is 22.9 Å². The molecule has 0 aliphatic heterocycles. The molecule has 0 aliphatic carbocycles. The zero-order chi connectivity index (χ0) is 9.42. The van der Waals surface area contributed by atoms with Crippen molar-refractivity contribution in [3.8, 4) is 0 Å². The van der Waals surface area contributed by atoms with Gasteiger partial charge in [0.15, 0.2) is 17.8 Å². The highest BCUT2D eigenvalue weighted by Gasteiger charge is 2.09. The fourth-order valence-electron chi connectivity index (χ4n) is 1.15. The lowest BCUT2D eigenvalue weighted by Crippen LogP contribution is -1.92. The van der Waals surface area contributed by atoms with Crippen LogP contribution in [0.25, 0.3) is 11.1 Å². The van der Waals surface area contributed by atoms with Gasteiger partial charge in [0.05, 0.1) is 5.02 Å². The number of aromatic nitrogens is 1. The van der Waals surface area contributed by atoms with Gasteiger partial charge in [-0.05, 0) is 13.0 Å². The molecular weight excluding hydrogens is 190 g/mol. The number of hydrogen-bond acceptors (Lipinski definition) is 3. The van der Waals surface area contributed by atoms with Crippen molar-refractivity contribution in [2.75, 3.05) is 0 Å². The highest BCUT2D eigenvalue weighted by atomic mass is 35.5. The number of carbonyl (C=O) groups is 1. The first-order valence-corrected chi connectivity index (χ1v) is 4.10. The first-order chi connectivity index (χ1) is 6.18. The summed E-state index contributed by atoms with van der Waals surface area (Å²) in [6.07, 6.45) is 1.32. The van der Waals surface area contributed by atoms with Crippen molar-refractivity contribution in [2.45, 2.75) is 6.92 Å². The van der Waals surface area contributed by atoms with Crippen LogP contribution in [-0.2, 0) is 0 Å². The number of carbonyl (C=O) groups excluding carboxylic acids is 1. The molecule has 0 N–H and O–H groups in total. The molecule has 2 aromatic rings. The molecule has 13 heavy (non-hydrogen) atoms. The topological polar surface area (TPSA) is 43.1 Å². The number of oxazole rings is 1. The number of fused-ring (bicyclic) bond motifs is 1. The Morgan fingerprint density at radius 1 is 1.54 bits per heavy atom. The Bertz CT molecular complexity index is 475. The molecule has 1 aromatic heterocycles. The molecule has 0 atom stereocenters. The summed E-state index contributed by atoms with van der Waals surface area (Å²) in [4.78, 5) is 15.0. The van der Waals surface area contributed by atoms with Crippen LogP contribution in [0.3, 0.4) is 0 Å². The van der Waals surface area contributed by atoms with Crippen molar-refractivity contribution in [1.82, 2.24) is 4.98 Å². The van der Waals surface area contributed by atoms with E-state index in [4.69, 9.17) is 16.0 Å². The van der Waals surface area contributed by atoms with Gasteiger partial charge in [-0.25, -0.2) is 4.98 Å². The van der Waals surface area contributed by atoms with Gasteiger partial charge in [-0.15, -0.1) is 0 Å². The molecule has 0 fully saturated rings. The number of benzene rings is 1. The van der Waals surface area contributed by atoms with Crippen molar-refractivity contribution < 1.29 is 9.21 Å². The molecule has 0 spiro atoms. The number of hydrogen-bond donors (Lipinski definition) is 0. The molecule has 0 radical (unpaired) electrons. The van der Waals surface area contributed by atoms with E-state index in [2.05, 4.69) is 4.98 Å². The average Bonchev–Trinajstić information content (AvgIpc) is 2.48. The van der Waals surface area contributed by atoms with Gasteiger partial charge in [0.1, 0.15) is 5.52 Å². The summed E-state index contributed by atoms with van der Waals surface area (Å²) in [6.45, 7) is 1.47. The maximum absolute atomic E-state index is 11.1. The third-order valence-electron chi connectivity index (χ3n) is 1.80. The Morgan fingerprint density at radius 3 is 3.00 bits per heavy atom. The normalized spacial score (nSPS) is 10.6. The average molecular weight is 196 g/mol. The van der Waals surface area contributed by atoms with E-state index >= 15 is 0 Å². The molecule has 1 heterocycles. The van der Waals surface area contributed by atoms with E-state index in [0.717, 1.165) is 0 Å². The Labute approximate surface area is 79.3 Å². The molecule has 0 amide bonds. The minimum absolute atomic E-state index is 0.0742. The SMILES string of the molecule is CC(=O)c1cc2ncoc2cc1Cl. The lowest BCUT2D eigenvalue weighted by atomic mass is 10.1. The molecule has 0 aliphatic rings.